The van der Waals surface area contributed by atoms with E-state index in [9.17, 15) is 5.11 Å². The van der Waals surface area contributed by atoms with Crippen LogP contribution < -0.4 is 4.74 Å². The zero-order chi connectivity index (χ0) is 12.8. The molecule has 96 valence electrons. The molecule has 0 heterocycles. The molecule has 0 aliphatic heterocycles. The van der Waals surface area contributed by atoms with Crippen LogP contribution in [0.2, 0.25) is 0 Å². The van der Waals surface area contributed by atoms with Crippen LogP contribution in [-0.2, 0) is 0 Å². The maximum atomic E-state index is 9.60. The van der Waals surface area contributed by atoms with Crippen LogP contribution in [0, 0.1) is 6.92 Å². The van der Waals surface area contributed by atoms with Gasteiger partial charge in [-0.25, -0.2) is 0 Å². The second-order valence-corrected chi connectivity index (χ2v) is 4.93. The van der Waals surface area contributed by atoms with Gasteiger partial charge in [0.05, 0.1) is 6.10 Å². The Morgan fingerprint density at radius 3 is 2.53 bits per heavy atom. The zero-order valence-electron chi connectivity index (χ0n) is 11.4. The van der Waals surface area contributed by atoms with Gasteiger partial charge < -0.3 is 9.84 Å². The Bertz CT molecular complexity index is 345. The average Bonchev–Trinajstić information content (AvgIpc) is 2.26. The number of rotatable bonds is 6. The molecule has 1 aromatic carbocycles. The van der Waals surface area contributed by atoms with Crippen LogP contribution >= 0.6 is 0 Å². The van der Waals surface area contributed by atoms with Crippen molar-refractivity contribution in [3.05, 3.63) is 29.3 Å². The number of aliphatic hydroxyl groups is 1. The molecule has 1 rings (SSSR count). The fraction of sp³-hybridized carbons (Fsp3) is 0.600. The van der Waals surface area contributed by atoms with Gasteiger partial charge in [0.1, 0.15) is 12.4 Å². The summed E-state index contributed by atoms with van der Waals surface area (Å²) in [4.78, 5) is 0. The number of ether oxygens (including phenoxy) is 1. The molecule has 2 nitrogen and oxygen atoms in total. The Hall–Kier alpha value is -1.02. The van der Waals surface area contributed by atoms with Crippen molar-refractivity contribution < 1.29 is 9.84 Å². The predicted molar refractivity (Wildman–Crippen MR) is 71.7 cm³/mol. The minimum atomic E-state index is -0.356. The summed E-state index contributed by atoms with van der Waals surface area (Å²) in [7, 11) is 0. The molecule has 0 saturated heterocycles. The molecule has 17 heavy (non-hydrogen) atoms. The van der Waals surface area contributed by atoms with Crippen LogP contribution in [0.5, 0.6) is 5.75 Å². The lowest BCUT2D eigenvalue weighted by Gasteiger charge is -2.14. The number of aliphatic hydroxyl groups excluding tert-OH is 1. The third-order valence-corrected chi connectivity index (χ3v) is 2.93. The Morgan fingerprint density at radius 1 is 1.29 bits per heavy atom. The van der Waals surface area contributed by atoms with E-state index in [1.54, 1.807) is 0 Å². The molecule has 1 atom stereocenters. The lowest BCUT2D eigenvalue weighted by molar-refractivity contribution is 0.0993. The van der Waals surface area contributed by atoms with E-state index in [1.165, 1.54) is 11.1 Å². The maximum absolute atomic E-state index is 9.60. The topological polar surface area (TPSA) is 29.5 Å². The van der Waals surface area contributed by atoms with Crippen LogP contribution in [0.1, 0.15) is 50.7 Å². The van der Waals surface area contributed by atoms with Crippen molar-refractivity contribution in [3.8, 4) is 5.75 Å². The third-order valence-electron chi connectivity index (χ3n) is 2.93. The first kappa shape index (κ1) is 14.0. The summed E-state index contributed by atoms with van der Waals surface area (Å²) in [6.45, 7) is 8.92. The summed E-state index contributed by atoms with van der Waals surface area (Å²) >= 11 is 0. The molecular formula is C15H24O2. The molecule has 2 heteroatoms. The number of hydrogen-bond donors (Lipinski definition) is 1. The van der Waals surface area contributed by atoms with Crippen LogP contribution in [0.25, 0.3) is 0 Å². The normalized spacial score (nSPS) is 12.8. The minimum Gasteiger partial charge on any atom is -0.491 e. The molecular weight excluding hydrogens is 212 g/mol. The molecule has 0 aliphatic carbocycles. The van der Waals surface area contributed by atoms with E-state index < -0.39 is 0 Å². The van der Waals surface area contributed by atoms with Crippen molar-refractivity contribution in [3.63, 3.8) is 0 Å². The number of benzene rings is 1. The largest absolute Gasteiger partial charge is 0.491 e. The molecule has 0 fully saturated rings. The highest BCUT2D eigenvalue weighted by Crippen LogP contribution is 2.23. The SMILES string of the molecule is CCCC(O)COc1ccc(C(C)C)c(C)c1. The first-order chi connectivity index (χ1) is 8.04. The Balaban J connectivity index is 2.58. The molecule has 0 saturated carbocycles. The summed E-state index contributed by atoms with van der Waals surface area (Å²) in [6, 6.07) is 6.15. The number of hydrogen-bond acceptors (Lipinski definition) is 2. The van der Waals surface area contributed by atoms with Crippen molar-refractivity contribution in [1.82, 2.24) is 0 Å². The fourth-order valence-electron chi connectivity index (χ4n) is 1.99. The summed E-state index contributed by atoms with van der Waals surface area (Å²) < 4.78 is 5.59. The molecule has 0 amide bonds. The van der Waals surface area contributed by atoms with Crippen LogP contribution in [0.15, 0.2) is 18.2 Å². The third kappa shape index (κ3) is 4.39. The van der Waals surface area contributed by atoms with Gasteiger partial charge in [0.15, 0.2) is 0 Å². The van der Waals surface area contributed by atoms with Crippen molar-refractivity contribution in [2.75, 3.05) is 6.61 Å². The van der Waals surface area contributed by atoms with E-state index in [-0.39, 0.29) is 6.10 Å². The van der Waals surface area contributed by atoms with Gasteiger partial charge in [0.25, 0.3) is 0 Å². The smallest absolute Gasteiger partial charge is 0.119 e. The van der Waals surface area contributed by atoms with Gasteiger partial charge in [-0.05, 0) is 42.5 Å². The van der Waals surface area contributed by atoms with E-state index >= 15 is 0 Å². The molecule has 0 spiro atoms. The predicted octanol–water partition coefficient (Wildman–Crippen LogP) is 3.66. The summed E-state index contributed by atoms with van der Waals surface area (Å²) in [5.41, 5.74) is 2.61. The van der Waals surface area contributed by atoms with Gasteiger partial charge in [-0.15, -0.1) is 0 Å². The fourth-order valence-corrected chi connectivity index (χ4v) is 1.99. The van der Waals surface area contributed by atoms with Gasteiger partial charge in [-0.1, -0.05) is 33.3 Å². The Morgan fingerprint density at radius 2 is 2.00 bits per heavy atom. The van der Waals surface area contributed by atoms with Gasteiger partial charge in [0.2, 0.25) is 0 Å². The molecule has 0 aliphatic rings. The lowest BCUT2D eigenvalue weighted by Crippen LogP contribution is -2.17. The average molecular weight is 236 g/mol. The molecule has 0 radical (unpaired) electrons. The highest BCUT2D eigenvalue weighted by molar-refractivity contribution is 5.36. The Labute approximate surface area is 105 Å². The molecule has 1 unspecified atom stereocenters. The van der Waals surface area contributed by atoms with E-state index in [0.717, 1.165) is 18.6 Å². The second kappa shape index (κ2) is 6.65. The van der Waals surface area contributed by atoms with Crippen molar-refractivity contribution >= 4 is 0 Å². The van der Waals surface area contributed by atoms with Crippen molar-refractivity contribution in [2.45, 2.75) is 52.6 Å². The van der Waals surface area contributed by atoms with E-state index in [2.05, 4.69) is 33.8 Å². The van der Waals surface area contributed by atoms with Gasteiger partial charge in [0, 0.05) is 0 Å². The van der Waals surface area contributed by atoms with Crippen LogP contribution in [0.3, 0.4) is 0 Å². The number of aryl methyl sites for hydroxylation is 1. The van der Waals surface area contributed by atoms with E-state index in [0.29, 0.717) is 12.5 Å². The van der Waals surface area contributed by atoms with Crippen LogP contribution in [0.4, 0.5) is 0 Å². The summed E-state index contributed by atoms with van der Waals surface area (Å²) in [5.74, 6) is 1.39. The van der Waals surface area contributed by atoms with Gasteiger partial charge >= 0.3 is 0 Å². The summed E-state index contributed by atoms with van der Waals surface area (Å²) in [5, 5.41) is 9.60. The second-order valence-electron chi connectivity index (χ2n) is 4.93. The Kier molecular flexibility index (Phi) is 5.49. The summed E-state index contributed by atoms with van der Waals surface area (Å²) in [6.07, 6.45) is 1.42. The first-order valence-corrected chi connectivity index (χ1v) is 6.46. The molecule has 1 N–H and O–H groups in total. The zero-order valence-corrected chi connectivity index (χ0v) is 11.4. The highest BCUT2D eigenvalue weighted by atomic mass is 16.5. The first-order valence-electron chi connectivity index (χ1n) is 6.46. The van der Waals surface area contributed by atoms with Gasteiger partial charge in [-0.2, -0.15) is 0 Å². The molecule has 0 bridgehead atoms. The maximum Gasteiger partial charge on any atom is 0.119 e. The highest BCUT2D eigenvalue weighted by Gasteiger charge is 2.07. The standard InChI is InChI=1S/C15H24O2/c1-5-6-13(16)10-17-14-7-8-15(11(2)3)12(4)9-14/h7-9,11,13,16H,5-6,10H2,1-4H3. The van der Waals surface area contributed by atoms with Crippen LogP contribution in [-0.4, -0.2) is 17.8 Å². The molecule has 1 aromatic rings. The minimum absolute atomic E-state index is 0.356. The van der Waals surface area contributed by atoms with Crippen molar-refractivity contribution in [1.29, 1.82) is 0 Å². The van der Waals surface area contributed by atoms with Crippen molar-refractivity contribution in [2.24, 2.45) is 0 Å². The molecule has 0 aromatic heterocycles. The van der Waals surface area contributed by atoms with E-state index in [4.69, 9.17) is 4.74 Å². The quantitative estimate of drug-likeness (QED) is 0.816. The van der Waals surface area contributed by atoms with E-state index in [1.807, 2.05) is 12.1 Å². The lowest BCUT2D eigenvalue weighted by atomic mass is 9.98. The monoisotopic (exact) mass is 236 g/mol. The van der Waals surface area contributed by atoms with Gasteiger partial charge in [-0.3, -0.25) is 0 Å².